The lowest BCUT2D eigenvalue weighted by Crippen LogP contribution is -2.41. The van der Waals surface area contributed by atoms with Crippen molar-refractivity contribution in [2.75, 3.05) is 0 Å². The van der Waals surface area contributed by atoms with E-state index in [1.165, 1.54) is 9.36 Å². The summed E-state index contributed by atoms with van der Waals surface area (Å²) in [4.78, 5) is 38.1. The van der Waals surface area contributed by atoms with Crippen LogP contribution in [0.4, 0.5) is 0 Å². The standard InChI is InChI=1S/C24H25N5O3/c1-3-17(15-29-23(31)18-10-6-5-9-16(18)14-25-29)26-22(30)13-21-19-11-7-8-12-20(19)24(32)28(4-2)27-21/h5-12,14,17H,3-4,13,15H2,1-2H3,(H,26,30)/t17-/m1/s1. The van der Waals surface area contributed by atoms with Crippen LogP contribution in [-0.2, 0) is 24.3 Å². The summed E-state index contributed by atoms with van der Waals surface area (Å²) in [5, 5.41) is 14.3. The van der Waals surface area contributed by atoms with Crippen LogP contribution in [-0.4, -0.2) is 31.5 Å². The third-order valence-corrected chi connectivity index (χ3v) is 5.58. The van der Waals surface area contributed by atoms with Crippen molar-refractivity contribution in [3.8, 4) is 0 Å². The van der Waals surface area contributed by atoms with Gasteiger partial charge in [0.25, 0.3) is 11.1 Å². The minimum absolute atomic E-state index is 0.0390. The van der Waals surface area contributed by atoms with Gasteiger partial charge in [0.1, 0.15) is 0 Å². The summed E-state index contributed by atoms with van der Waals surface area (Å²) in [5.41, 5.74) is 0.203. The Hall–Kier alpha value is -3.81. The number of aromatic nitrogens is 4. The highest BCUT2D eigenvalue weighted by Gasteiger charge is 2.17. The Kier molecular flexibility index (Phi) is 6.11. The lowest BCUT2D eigenvalue weighted by atomic mass is 10.1. The second-order valence-electron chi connectivity index (χ2n) is 7.68. The zero-order valence-electron chi connectivity index (χ0n) is 18.1. The van der Waals surface area contributed by atoms with Gasteiger partial charge in [-0.25, -0.2) is 9.36 Å². The van der Waals surface area contributed by atoms with Crippen molar-refractivity contribution in [2.45, 2.75) is 45.8 Å². The molecular formula is C24H25N5O3. The monoisotopic (exact) mass is 431 g/mol. The van der Waals surface area contributed by atoms with Gasteiger partial charge in [0.15, 0.2) is 0 Å². The van der Waals surface area contributed by atoms with Gasteiger partial charge in [-0.15, -0.1) is 0 Å². The molecule has 4 aromatic rings. The van der Waals surface area contributed by atoms with Crippen molar-refractivity contribution in [3.05, 3.63) is 81.1 Å². The van der Waals surface area contributed by atoms with Crippen molar-refractivity contribution < 1.29 is 4.79 Å². The zero-order valence-corrected chi connectivity index (χ0v) is 18.1. The lowest BCUT2D eigenvalue weighted by Gasteiger charge is -2.18. The first-order chi connectivity index (χ1) is 15.5. The summed E-state index contributed by atoms with van der Waals surface area (Å²) in [7, 11) is 0. The average Bonchev–Trinajstić information content (AvgIpc) is 2.82. The Labute approximate surface area is 184 Å². The van der Waals surface area contributed by atoms with E-state index in [4.69, 9.17) is 0 Å². The van der Waals surface area contributed by atoms with Crippen LogP contribution in [0, 0.1) is 0 Å². The molecule has 1 N–H and O–H groups in total. The van der Waals surface area contributed by atoms with E-state index in [-0.39, 0.29) is 36.0 Å². The highest BCUT2D eigenvalue weighted by molar-refractivity contribution is 5.88. The fourth-order valence-corrected chi connectivity index (χ4v) is 3.82. The van der Waals surface area contributed by atoms with Gasteiger partial charge in [-0.05, 0) is 25.5 Å². The second-order valence-corrected chi connectivity index (χ2v) is 7.68. The summed E-state index contributed by atoms with van der Waals surface area (Å²) in [6, 6.07) is 14.2. The molecule has 0 saturated heterocycles. The van der Waals surface area contributed by atoms with Gasteiger partial charge in [0.2, 0.25) is 5.91 Å². The Morgan fingerprint density at radius 2 is 1.59 bits per heavy atom. The number of nitrogens with one attached hydrogen (secondary N) is 1. The summed E-state index contributed by atoms with van der Waals surface area (Å²) in [5.74, 6) is -0.218. The smallest absolute Gasteiger partial charge is 0.274 e. The molecule has 0 aliphatic carbocycles. The van der Waals surface area contributed by atoms with Gasteiger partial charge in [0, 0.05) is 23.4 Å². The third kappa shape index (κ3) is 4.16. The molecular weight excluding hydrogens is 406 g/mol. The molecule has 1 atom stereocenters. The average molecular weight is 431 g/mol. The first-order valence-corrected chi connectivity index (χ1v) is 10.7. The Balaban J connectivity index is 1.55. The second kappa shape index (κ2) is 9.13. The molecule has 0 aliphatic rings. The molecule has 8 heteroatoms. The van der Waals surface area contributed by atoms with E-state index in [0.717, 1.165) is 5.39 Å². The quantitative estimate of drug-likeness (QED) is 0.484. The van der Waals surface area contributed by atoms with Crippen LogP contribution >= 0.6 is 0 Å². The molecule has 0 spiro atoms. The first kappa shape index (κ1) is 21.4. The number of carbonyl (C=O) groups is 1. The van der Waals surface area contributed by atoms with Gasteiger partial charge in [-0.1, -0.05) is 43.3 Å². The molecule has 32 heavy (non-hydrogen) atoms. The van der Waals surface area contributed by atoms with Crippen LogP contribution in [0.3, 0.4) is 0 Å². The van der Waals surface area contributed by atoms with Crippen molar-refractivity contribution >= 4 is 27.5 Å². The maximum atomic E-state index is 12.9. The Morgan fingerprint density at radius 3 is 2.31 bits per heavy atom. The molecule has 0 unspecified atom stereocenters. The van der Waals surface area contributed by atoms with Crippen LogP contribution in [0.2, 0.25) is 0 Å². The number of carbonyl (C=O) groups excluding carboxylic acids is 1. The number of hydrogen-bond donors (Lipinski definition) is 1. The highest BCUT2D eigenvalue weighted by Crippen LogP contribution is 2.14. The molecule has 2 heterocycles. The molecule has 0 aliphatic heterocycles. The molecule has 0 radical (unpaired) electrons. The maximum Gasteiger partial charge on any atom is 0.274 e. The van der Waals surface area contributed by atoms with Gasteiger partial charge < -0.3 is 5.32 Å². The minimum atomic E-state index is -0.266. The molecule has 164 valence electrons. The van der Waals surface area contributed by atoms with E-state index in [1.807, 2.05) is 44.2 Å². The van der Waals surface area contributed by atoms with Gasteiger partial charge in [-0.2, -0.15) is 10.2 Å². The van der Waals surface area contributed by atoms with Crippen LogP contribution in [0.1, 0.15) is 26.0 Å². The largest absolute Gasteiger partial charge is 0.351 e. The van der Waals surface area contributed by atoms with E-state index in [0.29, 0.717) is 34.8 Å². The van der Waals surface area contributed by atoms with Crippen molar-refractivity contribution in [1.82, 2.24) is 24.9 Å². The maximum absolute atomic E-state index is 12.9. The summed E-state index contributed by atoms with van der Waals surface area (Å²) >= 11 is 0. The number of hydrogen-bond acceptors (Lipinski definition) is 5. The van der Waals surface area contributed by atoms with Crippen LogP contribution < -0.4 is 16.4 Å². The topological polar surface area (TPSA) is 98.9 Å². The molecule has 4 rings (SSSR count). The first-order valence-electron chi connectivity index (χ1n) is 10.7. The number of aryl methyl sites for hydroxylation is 1. The molecule has 8 nitrogen and oxygen atoms in total. The third-order valence-electron chi connectivity index (χ3n) is 5.58. The van der Waals surface area contributed by atoms with Gasteiger partial charge in [-0.3, -0.25) is 14.4 Å². The SMILES string of the molecule is CC[C@H](Cn1ncc2ccccc2c1=O)NC(=O)Cc1nn(CC)c(=O)c2ccccc12. The van der Waals surface area contributed by atoms with E-state index in [1.54, 1.807) is 24.4 Å². The van der Waals surface area contributed by atoms with Gasteiger partial charge in [0.05, 0.1) is 35.6 Å². The molecule has 2 aromatic carbocycles. The minimum Gasteiger partial charge on any atom is -0.351 e. The van der Waals surface area contributed by atoms with E-state index in [9.17, 15) is 14.4 Å². The fourth-order valence-electron chi connectivity index (χ4n) is 3.82. The van der Waals surface area contributed by atoms with Crippen molar-refractivity contribution in [3.63, 3.8) is 0 Å². The molecule has 0 bridgehead atoms. The predicted octanol–water partition coefficient (Wildman–Crippen LogP) is 2.26. The number of fused-ring (bicyclic) bond motifs is 2. The van der Waals surface area contributed by atoms with Crippen LogP contribution in [0.5, 0.6) is 0 Å². The van der Waals surface area contributed by atoms with Crippen LogP contribution in [0.15, 0.2) is 64.3 Å². The Morgan fingerprint density at radius 1 is 0.938 bits per heavy atom. The fraction of sp³-hybridized carbons (Fsp3) is 0.292. The van der Waals surface area contributed by atoms with Gasteiger partial charge >= 0.3 is 0 Å². The van der Waals surface area contributed by atoms with Crippen LogP contribution in [0.25, 0.3) is 21.5 Å². The summed E-state index contributed by atoms with van der Waals surface area (Å²) < 4.78 is 2.77. The summed E-state index contributed by atoms with van der Waals surface area (Å²) in [6.07, 6.45) is 2.34. The molecule has 2 aromatic heterocycles. The van der Waals surface area contributed by atoms with E-state index in [2.05, 4.69) is 15.5 Å². The van der Waals surface area contributed by atoms with Crippen molar-refractivity contribution in [1.29, 1.82) is 0 Å². The predicted molar refractivity (Wildman–Crippen MR) is 124 cm³/mol. The summed E-state index contributed by atoms with van der Waals surface area (Å²) in [6.45, 7) is 4.48. The van der Waals surface area contributed by atoms with E-state index < -0.39 is 0 Å². The van der Waals surface area contributed by atoms with E-state index >= 15 is 0 Å². The number of benzene rings is 2. The molecule has 0 fully saturated rings. The Bertz CT molecular complexity index is 1410. The lowest BCUT2D eigenvalue weighted by molar-refractivity contribution is -0.121. The van der Waals surface area contributed by atoms with Crippen molar-refractivity contribution in [2.24, 2.45) is 0 Å². The molecule has 1 amide bonds. The number of rotatable bonds is 7. The zero-order chi connectivity index (χ0) is 22.7. The number of nitrogens with zero attached hydrogens (tertiary/aromatic N) is 4. The number of amides is 1. The molecule has 0 saturated carbocycles. The normalized spacial score (nSPS) is 12.2. The highest BCUT2D eigenvalue weighted by atomic mass is 16.2.